The zero-order valence-corrected chi connectivity index (χ0v) is 18.0. The molecule has 172 valence electrons. The number of benzene rings is 2. The van der Waals surface area contributed by atoms with E-state index in [2.05, 4.69) is 10.6 Å². The monoisotopic (exact) mass is 445 g/mol. The molecule has 1 aliphatic heterocycles. The van der Waals surface area contributed by atoms with Crippen LogP contribution >= 0.6 is 0 Å². The summed E-state index contributed by atoms with van der Waals surface area (Å²) in [6.07, 6.45) is -4.39. The van der Waals surface area contributed by atoms with E-state index >= 15 is 0 Å². The Morgan fingerprint density at radius 1 is 0.969 bits per heavy atom. The molecule has 4 atom stereocenters. The molecular formula is C23H28FN3O5. The highest BCUT2D eigenvalue weighted by molar-refractivity contribution is 5.94. The summed E-state index contributed by atoms with van der Waals surface area (Å²) in [5, 5.41) is 25.9. The Kier molecular flexibility index (Phi) is 7.79. The molecule has 2 aromatic carbocycles. The normalized spacial score (nSPS) is 22.4. The molecule has 0 radical (unpaired) electrons. The predicted molar refractivity (Wildman–Crippen MR) is 117 cm³/mol. The summed E-state index contributed by atoms with van der Waals surface area (Å²) in [6.45, 7) is 0.191. The van der Waals surface area contributed by atoms with Crippen molar-refractivity contribution in [2.75, 3.05) is 25.5 Å². The second kappa shape index (κ2) is 10.5. The molecule has 2 amide bonds. The Morgan fingerprint density at radius 3 is 2.22 bits per heavy atom. The Labute approximate surface area is 186 Å². The molecule has 8 nitrogen and oxygen atoms in total. The second-order valence-corrected chi connectivity index (χ2v) is 7.95. The van der Waals surface area contributed by atoms with Gasteiger partial charge in [0.2, 0.25) is 5.91 Å². The second-order valence-electron chi connectivity index (χ2n) is 7.95. The zero-order chi connectivity index (χ0) is 23.3. The number of carbonyl (C=O) groups excluding carboxylic acids is 2. The van der Waals surface area contributed by atoms with E-state index < -0.39 is 24.4 Å². The van der Waals surface area contributed by atoms with Crippen LogP contribution in [0.5, 0.6) is 0 Å². The average molecular weight is 445 g/mol. The lowest BCUT2D eigenvalue weighted by molar-refractivity contribution is -0.125. The van der Waals surface area contributed by atoms with Gasteiger partial charge < -0.3 is 30.5 Å². The van der Waals surface area contributed by atoms with E-state index in [9.17, 15) is 24.2 Å². The van der Waals surface area contributed by atoms with Gasteiger partial charge in [-0.25, -0.2) is 4.39 Å². The molecule has 4 N–H and O–H groups in total. The van der Waals surface area contributed by atoms with Crippen molar-refractivity contribution in [3.63, 3.8) is 0 Å². The number of hydrogen-bond donors (Lipinski definition) is 4. The number of aliphatic hydroxyl groups is 2. The maximum absolute atomic E-state index is 12.9. The van der Waals surface area contributed by atoms with Crippen LogP contribution in [0, 0.1) is 5.82 Å². The fourth-order valence-electron chi connectivity index (χ4n) is 3.43. The summed E-state index contributed by atoms with van der Waals surface area (Å²) in [7, 11) is 3.80. The van der Waals surface area contributed by atoms with Gasteiger partial charge in [-0.1, -0.05) is 12.1 Å². The van der Waals surface area contributed by atoms with E-state index in [4.69, 9.17) is 4.74 Å². The predicted octanol–water partition coefficient (Wildman–Crippen LogP) is 0.817. The van der Waals surface area contributed by atoms with E-state index in [1.807, 2.05) is 31.1 Å². The third-order valence-electron chi connectivity index (χ3n) is 5.36. The highest BCUT2D eigenvalue weighted by Gasteiger charge is 2.43. The van der Waals surface area contributed by atoms with E-state index in [1.165, 1.54) is 12.1 Å². The number of nitrogens with zero attached hydrogens (tertiary/aromatic N) is 1. The first-order valence-electron chi connectivity index (χ1n) is 10.3. The summed E-state index contributed by atoms with van der Waals surface area (Å²) in [5.41, 5.74) is 2.15. The number of hydrogen-bond acceptors (Lipinski definition) is 6. The van der Waals surface area contributed by atoms with Crippen LogP contribution in [0.3, 0.4) is 0 Å². The first-order valence-corrected chi connectivity index (χ1v) is 10.3. The number of amides is 2. The van der Waals surface area contributed by atoms with Crippen molar-refractivity contribution in [3.8, 4) is 0 Å². The third kappa shape index (κ3) is 6.03. The average Bonchev–Trinajstić information content (AvgIpc) is 3.05. The summed E-state index contributed by atoms with van der Waals surface area (Å²) < 4.78 is 18.6. The molecule has 2 aromatic rings. The van der Waals surface area contributed by atoms with Gasteiger partial charge in [-0.05, 0) is 42.0 Å². The number of aliphatic hydroxyl groups excluding tert-OH is 2. The Bertz CT molecular complexity index is 920. The van der Waals surface area contributed by atoms with Gasteiger partial charge in [0.15, 0.2) is 0 Å². The summed E-state index contributed by atoms with van der Waals surface area (Å²) in [6, 6.07) is 12.8. The molecule has 0 spiro atoms. The molecule has 1 saturated heterocycles. The van der Waals surface area contributed by atoms with Gasteiger partial charge >= 0.3 is 0 Å². The molecule has 4 unspecified atom stereocenters. The molecule has 1 heterocycles. The fraction of sp³-hybridized carbons (Fsp3) is 0.391. The molecule has 32 heavy (non-hydrogen) atoms. The van der Waals surface area contributed by atoms with E-state index in [1.54, 1.807) is 24.3 Å². The standard InChI is InChI=1S/C23H28FN3O5/c1-27(2)17-9-5-15(6-10-17)23(31)26-13-19-22(30)21(29)18(32-19)11-20(28)25-12-14-3-7-16(24)8-4-14/h3-10,18-19,21-22,29-30H,11-13H2,1-2H3,(H,25,28)(H,26,31). The largest absolute Gasteiger partial charge is 0.388 e. The molecule has 0 aliphatic carbocycles. The van der Waals surface area contributed by atoms with Gasteiger partial charge in [0.05, 0.1) is 12.5 Å². The van der Waals surface area contributed by atoms with Crippen LogP contribution in [-0.2, 0) is 16.1 Å². The molecule has 9 heteroatoms. The lowest BCUT2D eigenvalue weighted by Gasteiger charge is -2.16. The Balaban J connectivity index is 1.47. The molecule has 1 fully saturated rings. The highest BCUT2D eigenvalue weighted by Crippen LogP contribution is 2.23. The number of carbonyl (C=O) groups is 2. The number of anilines is 1. The Hall–Kier alpha value is -3.01. The molecule has 3 rings (SSSR count). The van der Waals surface area contributed by atoms with Crippen molar-refractivity contribution in [1.29, 1.82) is 0 Å². The van der Waals surface area contributed by atoms with Crippen LogP contribution in [0.1, 0.15) is 22.3 Å². The van der Waals surface area contributed by atoms with Gasteiger partial charge in [-0.2, -0.15) is 0 Å². The summed E-state index contributed by atoms with van der Waals surface area (Å²) in [4.78, 5) is 26.5. The molecule has 0 bridgehead atoms. The molecular weight excluding hydrogens is 417 g/mol. The number of ether oxygens (including phenoxy) is 1. The van der Waals surface area contributed by atoms with Crippen molar-refractivity contribution in [1.82, 2.24) is 10.6 Å². The van der Waals surface area contributed by atoms with Crippen LogP contribution in [0.2, 0.25) is 0 Å². The molecule has 0 saturated carbocycles. The topological polar surface area (TPSA) is 111 Å². The van der Waals surface area contributed by atoms with E-state index in [-0.39, 0.29) is 37.1 Å². The van der Waals surface area contributed by atoms with Crippen LogP contribution < -0.4 is 15.5 Å². The smallest absolute Gasteiger partial charge is 0.251 e. The number of rotatable bonds is 8. The molecule has 0 aromatic heterocycles. The van der Waals surface area contributed by atoms with Gasteiger partial charge in [-0.15, -0.1) is 0 Å². The van der Waals surface area contributed by atoms with Gasteiger partial charge in [0.1, 0.15) is 24.1 Å². The number of halogens is 1. The van der Waals surface area contributed by atoms with Gasteiger partial charge in [-0.3, -0.25) is 9.59 Å². The minimum atomic E-state index is -1.26. The minimum absolute atomic E-state index is 0.0137. The van der Waals surface area contributed by atoms with Crippen molar-refractivity contribution in [3.05, 3.63) is 65.5 Å². The van der Waals surface area contributed by atoms with E-state index in [0.717, 1.165) is 11.3 Å². The number of nitrogens with one attached hydrogen (secondary N) is 2. The van der Waals surface area contributed by atoms with Crippen LogP contribution in [-0.4, -0.2) is 67.1 Å². The lowest BCUT2D eigenvalue weighted by atomic mass is 10.1. The van der Waals surface area contributed by atoms with Crippen LogP contribution in [0.15, 0.2) is 48.5 Å². The van der Waals surface area contributed by atoms with Crippen LogP contribution in [0.25, 0.3) is 0 Å². The van der Waals surface area contributed by atoms with Crippen LogP contribution in [0.4, 0.5) is 10.1 Å². The molecule has 1 aliphatic rings. The van der Waals surface area contributed by atoms with Crippen molar-refractivity contribution in [2.45, 2.75) is 37.4 Å². The fourth-order valence-corrected chi connectivity index (χ4v) is 3.43. The maximum Gasteiger partial charge on any atom is 0.251 e. The van der Waals surface area contributed by atoms with E-state index in [0.29, 0.717) is 5.56 Å². The Morgan fingerprint density at radius 2 is 1.59 bits per heavy atom. The zero-order valence-electron chi connectivity index (χ0n) is 18.0. The van der Waals surface area contributed by atoms with Gasteiger partial charge in [0.25, 0.3) is 5.91 Å². The minimum Gasteiger partial charge on any atom is -0.388 e. The quantitative estimate of drug-likeness (QED) is 0.479. The summed E-state index contributed by atoms with van der Waals surface area (Å²) in [5.74, 6) is -1.07. The van der Waals surface area contributed by atoms with Crippen molar-refractivity contribution < 1.29 is 28.9 Å². The lowest BCUT2D eigenvalue weighted by Crippen LogP contribution is -2.40. The maximum atomic E-state index is 12.9. The first kappa shape index (κ1) is 23.6. The van der Waals surface area contributed by atoms with Gasteiger partial charge in [0, 0.05) is 38.4 Å². The third-order valence-corrected chi connectivity index (χ3v) is 5.36. The first-order chi connectivity index (χ1) is 15.2. The SMILES string of the molecule is CN(C)c1ccc(C(=O)NCC2OC(CC(=O)NCc3ccc(F)cc3)C(O)C2O)cc1. The van der Waals surface area contributed by atoms with Crippen molar-refractivity contribution in [2.24, 2.45) is 0 Å². The van der Waals surface area contributed by atoms with Crippen molar-refractivity contribution >= 4 is 17.5 Å². The highest BCUT2D eigenvalue weighted by atomic mass is 19.1. The summed E-state index contributed by atoms with van der Waals surface area (Å²) >= 11 is 0.